The quantitative estimate of drug-likeness (QED) is 0.462. The van der Waals surface area contributed by atoms with Crippen molar-refractivity contribution >= 4 is 23.0 Å². The third-order valence-corrected chi connectivity index (χ3v) is 5.19. The van der Waals surface area contributed by atoms with Gasteiger partial charge >= 0.3 is 0 Å². The van der Waals surface area contributed by atoms with Crippen molar-refractivity contribution in [1.82, 2.24) is 0 Å². The first kappa shape index (κ1) is 15.1. The highest BCUT2D eigenvalue weighted by atomic mass is 35.5. The Kier molecular flexibility index (Phi) is 3.53. The summed E-state index contributed by atoms with van der Waals surface area (Å²) in [4.78, 5) is 10.7. The van der Waals surface area contributed by atoms with Crippen LogP contribution in [0.25, 0.3) is 0 Å². The molecule has 0 radical (unpaired) electrons. The lowest BCUT2D eigenvalue weighted by molar-refractivity contribution is -0.384. The van der Waals surface area contributed by atoms with Crippen LogP contribution >= 0.6 is 11.6 Å². The summed E-state index contributed by atoms with van der Waals surface area (Å²) in [7, 11) is 0. The number of hydrogen-bond donors (Lipinski definition) is 1. The number of rotatable bonds is 2. The minimum atomic E-state index is -0.492. The van der Waals surface area contributed by atoms with Crippen LogP contribution in [-0.4, -0.2) is 4.92 Å². The Morgan fingerprint density at radius 1 is 1.29 bits per heavy atom. The van der Waals surface area contributed by atoms with Crippen LogP contribution in [0.15, 0.2) is 48.6 Å². The van der Waals surface area contributed by atoms with Gasteiger partial charge in [0.25, 0.3) is 5.69 Å². The van der Waals surface area contributed by atoms with E-state index in [2.05, 4.69) is 17.5 Å². The number of allylic oxidation sites excluding steroid dienone is 2. The lowest BCUT2D eigenvalue weighted by atomic mass is 9.77. The first-order valence-corrected chi connectivity index (χ1v) is 8.09. The lowest BCUT2D eigenvalue weighted by Crippen LogP contribution is -2.29. The summed E-state index contributed by atoms with van der Waals surface area (Å²) in [5.74, 6) is -0.00326. The van der Waals surface area contributed by atoms with Crippen molar-refractivity contribution in [2.75, 3.05) is 5.32 Å². The molecule has 4 rings (SSSR count). The first-order chi connectivity index (χ1) is 11.6. The summed E-state index contributed by atoms with van der Waals surface area (Å²) in [6.45, 7) is 0. The van der Waals surface area contributed by atoms with E-state index in [1.54, 1.807) is 12.1 Å². The van der Waals surface area contributed by atoms with E-state index in [0.717, 1.165) is 17.5 Å². The molecule has 24 heavy (non-hydrogen) atoms. The molecule has 122 valence electrons. The van der Waals surface area contributed by atoms with Gasteiger partial charge in [-0.15, -0.1) is 0 Å². The number of nitro benzene ring substituents is 1. The van der Waals surface area contributed by atoms with Crippen molar-refractivity contribution in [1.29, 1.82) is 0 Å². The Bertz CT molecular complexity index is 868. The van der Waals surface area contributed by atoms with Crippen LogP contribution < -0.4 is 5.32 Å². The zero-order valence-electron chi connectivity index (χ0n) is 12.6. The predicted octanol–water partition coefficient (Wildman–Crippen LogP) is 5.21. The van der Waals surface area contributed by atoms with Gasteiger partial charge in [0, 0.05) is 12.0 Å². The van der Waals surface area contributed by atoms with E-state index in [1.165, 1.54) is 18.2 Å². The Morgan fingerprint density at radius 3 is 2.92 bits per heavy atom. The zero-order chi connectivity index (χ0) is 16.8. The number of benzene rings is 2. The highest BCUT2D eigenvalue weighted by molar-refractivity contribution is 6.32. The lowest BCUT2D eigenvalue weighted by Gasteiger charge is -2.37. The molecule has 3 atom stereocenters. The molecule has 2 aromatic rings. The van der Waals surface area contributed by atoms with Gasteiger partial charge in [-0.25, -0.2) is 4.39 Å². The molecule has 2 aliphatic rings. The number of nitrogens with zero attached hydrogens (tertiary/aromatic N) is 1. The minimum Gasteiger partial charge on any atom is -0.375 e. The van der Waals surface area contributed by atoms with Gasteiger partial charge < -0.3 is 5.32 Å². The van der Waals surface area contributed by atoms with Gasteiger partial charge in [0.2, 0.25) is 0 Å². The summed E-state index contributed by atoms with van der Waals surface area (Å²) in [6.07, 6.45) is 5.03. The monoisotopic (exact) mass is 344 g/mol. The minimum absolute atomic E-state index is 0.104. The Morgan fingerprint density at radius 2 is 2.12 bits per heavy atom. The molecule has 0 saturated carbocycles. The van der Waals surface area contributed by atoms with Crippen LogP contribution in [0.2, 0.25) is 5.02 Å². The molecule has 0 amide bonds. The molecule has 1 N–H and O–H groups in total. The average Bonchev–Trinajstić information content (AvgIpc) is 3.05. The summed E-state index contributed by atoms with van der Waals surface area (Å²) in [6, 6.07) is 9.66. The summed E-state index contributed by atoms with van der Waals surface area (Å²) in [5, 5.41) is 14.5. The SMILES string of the molecule is O=[N+]([O-])c1cc([C@@H]2Nc3c(F)cccc3[C@@H]3C=CC[C@@H]32)ccc1Cl. The number of anilines is 1. The number of hydrogen-bond acceptors (Lipinski definition) is 3. The molecule has 1 aliphatic heterocycles. The van der Waals surface area contributed by atoms with Gasteiger partial charge in [0.15, 0.2) is 0 Å². The average molecular weight is 345 g/mol. The second-order valence-corrected chi connectivity index (χ2v) is 6.55. The van der Waals surface area contributed by atoms with Crippen LogP contribution in [-0.2, 0) is 0 Å². The van der Waals surface area contributed by atoms with E-state index in [9.17, 15) is 14.5 Å². The number of fused-ring (bicyclic) bond motifs is 3. The molecule has 0 saturated heterocycles. The largest absolute Gasteiger partial charge is 0.375 e. The number of nitro groups is 1. The van der Waals surface area contributed by atoms with Crippen molar-refractivity contribution in [3.8, 4) is 0 Å². The third-order valence-electron chi connectivity index (χ3n) is 4.87. The van der Waals surface area contributed by atoms with Crippen LogP contribution in [0.3, 0.4) is 0 Å². The van der Waals surface area contributed by atoms with Gasteiger partial charge in [-0.05, 0) is 35.6 Å². The summed E-state index contributed by atoms with van der Waals surface area (Å²) in [5.41, 5.74) is 2.04. The van der Waals surface area contributed by atoms with Gasteiger partial charge in [-0.3, -0.25) is 10.1 Å². The van der Waals surface area contributed by atoms with Crippen molar-refractivity contribution in [3.63, 3.8) is 0 Å². The van der Waals surface area contributed by atoms with Crippen molar-refractivity contribution < 1.29 is 9.31 Å². The molecule has 0 spiro atoms. The molecule has 4 nitrogen and oxygen atoms in total. The second kappa shape index (κ2) is 5.60. The number of para-hydroxylation sites is 1. The molecule has 0 fully saturated rings. The molecule has 0 bridgehead atoms. The number of halogens is 2. The predicted molar refractivity (Wildman–Crippen MR) is 90.9 cm³/mol. The molecular formula is C18H14ClFN2O2. The van der Waals surface area contributed by atoms with Gasteiger partial charge in [0.05, 0.1) is 16.7 Å². The third kappa shape index (κ3) is 2.27. The van der Waals surface area contributed by atoms with E-state index in [4.69, 9.17) is 11.6 Å². The molecular weight excluding hydrogens is 331 g/mol. The van der Waals surface area contributed by atoms with E-state index in [-0.39, 0.29) is 34.4 Å². The smallest absolute Gasteiger partial charge is 0.288 e. The molecule has 0 unspecified atom stereocenters. The van der Waals surface area contributed by atoms with Gasteiger partial charge in [-0.1, -0.05) is 42.0 Å². The molecule has 6 heteroatoms. The van der Waals surface area contributed by atoms with E-state index in [1.807, 2.05) is 6.07 Å². The maximum atomic E-state index is 14.3. The van der Waals surface area contributed by atoms with Gasteiger partial charge in [0.1, 0.15) is 10.8 Å². The van der Waals surface area contributed by atoms with Crippen molar-refractivity contribution in [2.45, 2.75) is 18.4 Å². The molecule has 1 heterocycles. The standard InChI is InChI=1S/C18H14ClFN2O2/c19-14-8-7-10(9-16(14)22(23)24)17-12-4-1-3-11(12)13-5-2-6-15(20)18(13)21-17/h1-3,5-9,11-12,17,21H,4H2/t11-,12+,17+/m1/s1. The summed E-state index contributed by atoms with van der Waals surface area (Å²) < 4.78 is 14.3. The Balaban J connectivity index is 1.81. The van der Waals surface area contributed by atoms with Crippen LogP contribution in [0.5, 0.6) is 0 Å². The molecule has 1 aliphatic carbocycles. The van der Waals surface area contributed by atoms with Gasteiger partial charge in [-0.2, -0.15) is 0 Å². The van der Waals surface area contributed by atoms with Crippen molar-refractivity contribution in [3.05, 3.63) is 80.6 Å². The maximum absolute atomic E-state index is 14.3. The van der Waals surface area contributed by atoms with E-state index in [0.29, 0.717) is 5.69 Å². The highest BCUT2D eigenvalue weighted by Gasteiger charge is 2.39. The number of nitrogens with one attached hydrogen (secondary N) is 1. The molecule has 0 aromatic heterocycles. The maximum Gasteiger partial charge on any atom is 0.288 e. The normalized spacial score (nSPS) is 24.2. The fraction of sp³-hybridized carbons (Fsp3) is 0.222. The van der Waals surface area contributed by atoms with Crippen LogP contribution in [0.4, 0.5) is 15.8 Å². The fourth-order valence-electron chi connectivity index (χ4n) is 3.78. The first-order valence-electron chi connectivity index (χ1n) is 7.71. The Labute approximate surface area is 143 Å². The second-order valence-electron chi connectivity index (χ2n) is 6.15. The van der Waals surface area contributed by atoms with E-state index < -0.39 is 4.92 Å². The Hall–Kier alpha value is -2.40. The topological polar surface area (TPSA) is 55.2 Å². The fourth-order valence-corrected chi connectivity index (χ4v) is 3.96. The van der Waals surface area contributed by atoms with Crippen LogP contribution in [0, 0.1) is 21.8 Å². The van der Waals surface area contributed by atoms with E-state index >= 15 is 0 Å². The molecule has 2 aromatic carbocycles. The zero-order valence-corrected chi connectivity index (χ0v) is 13.3. The van der Waals surface area contributed by atoms with Crippen LogP contribution in [0.1, 0.15) is 29.5 Å². The highest BCUT2D eigenvalue weighted by Crippen LogP contribution is 2.50. The van der Waals surface area contributed by atoms with Crippen molar-refractivity contribution in [2.24, 2.45) is 5.92 Å². The summed E-state index contributed by atoms with van der Waals surface area (Å²) >= 11 is 5.91.